The van der Waals surface area contributed by atoms with Crippen LogP contribution in [-0.4, -0.2) is 23.3 Å². The summed E-state index contributed by atoms with van der Waals surface area (Å²) >= 11 is 3.37. The monoisotopic (exact) mass is 271 g/mol. The van der Waals surface area contributed by atoms with Crippen molar-refractivity contribution >= 4 is 28.6 Å². The fraction of sp³-hybridized carbons (Fsp3) is 0.600. The first-order chi connectivity index (χ1) is 6.82. The first kappa shape index (κ1) is 11.2. The van der Waals surface area contributed by atoms with E-state index in [9.17, 15) is 0 Å². The summed E-state index contributed by atoms with van der Waals surface area (Å²) in [5, 5.41) is 0. The maximum Gasteiger partial charge on any atom is 0.512 e. The molecule has 0 spiro atoms. The number of aromatic amines is 1. The lowest BCUT2D eigenvalue weighted by atomic mass is 9.85. The van der Waals surface area contributed by atoms with Gasteiger partial charge in [0, 0.05) is 5.59 Å². The van der Waals surface area contributed by atoms with Gasteiger partial charge in [0.2, 0.25) is 0 Å². The predicted octanol–water partition coefficient (Wildman–Crippen LogP) is 2.08. The summed E-state index contributed by atoms with van der Waals surface area (Å²) in [5.74, 6) is 0. The van der Waals surface area contributed by atoms with E-state index < -0.39 is 0 Å². The molecule has 0 bridgehead atoms. The quantitative estimate of drug-likeness (QED) is 0.794. The molecule has 1 fully saturated rings. The van der Waals surface area contributed by atoms with Gasteiger partial charge in [0.05, 0.1) is 15.8 Å². The Hall–Kier alpha value is -0.255. The van der Waals surface area contributed by atoms with E-state index in [2.05, 4.69) is 20.9 Å². The Morgan fingerprint density at radius 2 is 1.67 bits per heavy atom. The molecule has 1 aromatic heterocycles. The van der Waals surface area contributed by atoms with Gasteiger partial charge in [-0.25, -0.2) is 0 Å². The Kier molecular flexibility index (Phi) is 2.52. The largest absolute Gasteiger partial charge is 0.512 e. The van der Waals surface area contributed by atoms with Crippen LogP contribution in [0.3, 0.4) is 0 Å². The van der Waals surface area contributed by atoms with Crippen LogP contribution in [-0.2, 0) is 9.31 Å². The molecule has 82 valence electrons. The Balaban J connectivity index is 2.23. The van der Waals surface area contributed by atoms with E-state index in [1.807, 2.05) is 39.8 Å². The van der Waals surface area contributed by atoms with E-state index in [1.54, 1.807) is 0 Å². The minimum Gasteiger partial charge on any atom is -0.398 e. The highest BCUT2D eigenvalue weighted by Gasteiger charge is 2.52. The maximum absolute atomic E-state index is 5.89. The summed E-state index contributed by atoms with van der Waals surface area (Å²) in [4.78, 5) is 3.16. The molecule has 0 atom stereocenters. The van der Waals surface area contributed by atoms with Crippen LogP contribution in [0.4, 0.5) is 0 Å². The molecule has 2 heterocycles. The van der Waals surface area contributed by atoms with Crippen molar-refractivity contribution in [3.8, 4) is 0 Å². The van der Waals surface area contributed by atoms with E-state index in [0.717, 1.165) is 10.2 Å². The van der Waals surface area contributed by atoms with Gasteiger partial charge in [0.25, 0.3) is 0 Å². The van der Waals surface area contributed by atoms with E-state index in [-0.39, 0.29) is 18.3 Å². The van der Waals surface area contributed by atoms with Crippen LogP contribution in [0.1, 0.15) is 27.7 Å². The molecule has 1 aliphatic heterocycles. The summed E-state index contributed by atoms with van der Waals surface area (Å²) in [6.45, 7) is 8.19. The number of halogens is 1. The van der Waals surface area contributed by atoms with Crippen molar-refractivity contribution in [1.82, 2.24) is 4.98 Å². The zero-order valence-corrected chi connectivity index (χ0v) is 11.0. The second-order valence-corrected chi connectivity index (χ2v) is 5.70. The molecule has 15 heavy (non-hydrogen) atoms. The van der Waals surface area contributed by atoms with Crippen molar-refractivity contribution in [2.24, 2.45) is 0 Å². The Morgan fingerprint density at radius 1 is 1.13 bits per heavy atom. The molecule has 0 radical (unpaired) electrons. The van der Waals surface area contributed by atoms with Crippen LogP contribution < -0.4 is 5.59 Å². The minimum atomic E-state index is -0.304. The normalized spacial score (nSPS) is 23.4. The molecule has 0 saturated carbocycles. The highest BCUT2D eigenvalue weighted by Crippen LogP contribution is 2.36. The van der Waals surface area contributed by atoms with Crippen molar-refractivity contribution < 1.29 is 9.31 Å². The second-order valence-electron chi connectivity index (χ2n) is 4.85. The first-order valence-electron chi connectivity index (χ1n) is 5.02. The molecule has 0 amide bonds. The van der Waals surface area contributed by atoms with Gasteiger partial charge < -0.3 is 14.3 Å². The Morgan fingerprint density at radius 3 is 2.07 bits per heavy atom. The molecule has 1 saturated heterocycles. The molecule has 0 unspecified atom stereocenters. The van der Waals surface area contributed by atoms with Crippen LogP contribution in [0.25, 0.3) is 0 Å². The van der Waals surface area contributed by atoms with Crippen molar-refractivity contribution in [2.45, 2.75) is 38.9 Å². The number of hydrogen-bond donors (Lipinski definition) is 1. The topological polar surface area (TPSA) is 34.2 Å². The summed E-state index contributed by atoms with van der Waals surface area (Å²) in [5.41, 5.74) is 0.380. The molecule has 3 nitrogen and oxygen atoms in total. The fourth-order valence-corrected chi connectivity index (χ4v) is 1.85. The van der Waals surface area contributed by atoms with Crippen molar-refractivity contribution in [3.63, 3.8) is 0 Å². The zero-order valence-electron chi connectivity index (χ0n) is 9.43. The third kappa shape index (κ3) is 1.88. The molecule has 1 aromatic rings. The zero-order chi connectivity index (χ0) is 11.3. The van der Waals surface area contributed by atoms with Crippen molar-refractivity contribution in [2.75, 3.05) is 0 Å². The smallest absolute Gasteiger partial charge is 0.398 e. The van der Waals surface area contributed by atoms with Gasteiger partial charge in [0.15, 0.2) is 0 Å². The van der Waals surface area contributed by atoms with Gasteiger partial charge in [-0.15, -0.1) is 0 Å². The van der Waals surface area contributed by atoms with Crippen LogP contribution in [0.15, 0.2) is 16.7 Å². The number of nitrogens with one attached hydrogen (secondary N) is 1. The summed E-state index contributed by atoms with van der Waals surface area (Å²) in [7, 11) is -0.304. The first-order valence-corrected chi connectivity index (χ1v) is 5.81. The SMILES string of the molecule is CC1(C)OB(c2ccc(Br)[nH]2)OC1(C)C. The number of H-pyrrole nitrogens is 1. The van der Waals surface area contributed by atoms with Gasteiger partial charge in [-0.2, -0.15) is 0 Å². The summed E-state index contributed by atoms with van der Waals surface area (Å²) in [6.07, 6.45) is 0. The van der Waals surface area contributed by atoms with Crippen LogP contribution in [0.5, 0.6) is 0 Å². The minimum absolute atomic E-state index is 0.282. The van der Waals surface area contributed by atoms with E-state index in [0.29, 0.717) is 0 Å². The molecule has 5 heteroatoms. The molecule has 1 aliphatic rings. The van der Waals surface area contributed by atoms with Gasteiger partial charge in [-0.3, -0.25) is 0 Å². The van der Waals surface area contributed by atoms with Gasteiger partial charge >= 0.3 is 7.12 Å². The highest BCUT2D eigenvalue weighted by molar-refractivity contribution is 9.10. The average Bonchev–Trinajstić information content (AvgIpc) is 2.56. The van der Waals surface area contributed by atoms with Crippen LogP contribution in [0, 0.1) is 0 Å². The van der Waals surface area contributed by atoms with Gasteiger partial charge in [-0.05, 0) is 55.8 Å². The molecule has 2 rings (SSSR count). The van der Waals surface area contributed by atoms with Crippen LogP contribution >= 0.6 is 15.9 Å². The lowest BCUT2D eigenvalue weighted by Crippen LogP contribution is -2.41. The average molecular weight is 272 g/mol. The third-order valence-electron chi connectivity index (χ3n) is 3.18. The molecular formula is C10H15BBrNO2. The standard InChI is InChI=1S/C10H15BBrNO2/c1-9(2)10(3,4)15-11(14-9)7-5-6-8(12)13-7/h5-6,13H,1-4H3. The fourth-order valence-electron chi connectivity index (χ4n) is 1.49. The van der Waals surface area contributed by atoms with Gasteiger partial charge in [-0.1, -0.05) is 0 Å². The van der Waals surface area contributed by atoms with E-state index in [4.69, 9.17) is 9.31 Å². The van der Waals surface area contributed by atoms with Crippen LogP contribution in [0.2, 0.25) is 0 Å². The highest BCUT2D eigenvalue weighted by atomic mass is 79.9. The van der Waals surface area contributed by atoms with E-state index in [1.165, 1.54) is 0 Å². The van der Waals surface area contributed by atoms with Crippen molar-refractivity contribution in [1.29, 1.82) is 0 Å². The maximum atomic E-state index is 5.89. The van der Waals surface area contributed by atoms with E-state index >= 15 is 0 Å². The molecule has 0 aromatic carbocycles. The molecule has 0 aliphatic carbocycles. The summed E-state index contributed by atoms with van der Waals surface area (Å²) < 4.78 is 12.7. The number of rotatable bonds is 1. The lowest BCUT2D eigenvalue weighted by Gasteiger charge is -2.32. The summed E-state index contributed by atoms with van der Waals surface area (Å²) in [6, 6.07) is 3.91. The predicted molar refractivity (Wildman–Crippen MR) is 64.2 cm³/mol. The number of aromatic nitrogens is 1. The molecular weight excluding hydrogens is 257 g/mol. The number of hydrogen-bond acceptors (Lipinski definition) is 2. The molecule has 1 N–H and O–H groups in total. The van der Waals surface area contributed by atoms with Gasteiger partial charge in [0.1, 0.15) is 0 Å². The Bertz CT molecular complexity index is 359. The van der Waals surface area contributed by atoms with Crippen molar-refractivity contribution in [3.05, 3.63) is 16.7 Å². The third-order valence-corrected chi connectivity index (χ3v) is 3.64. The Labute approximate surface area is 98.8 Å². The second kappa shape index (κ2) is 3.37. The lowest BCUT2D eigenvalue weighted by molar-refractivity contribution is 0.00578.